The summed E-state index contributed by atoms with van der Waals surface area (Å²) in [6.07, 6.45) is 3.19. The summed E-state index contributed by atoms with van der Waals surface area (Å²) < 4.78 is 49.8. The quantitative estimate of drug-likeness (QED) is 0.371. The van der Waals surface area contributed by atoms with Crippen molar-refractivity contribution in [2.24, 2.45) is 17.1 Å². The van der Waals surface area contributed by atoms with Crippen LogP contribution < -0.4 is 16.4 Å². The Balaban J connectivity index is 1.39. The molecule has 2 aromatic rings. The molecule has 0 bridgehead atoms. The van der Waals surface area contributed by atoms with Crippen LogP contribution in [0, 0.1) is 17.2 Å². The number of rotatable bonds is 10. The number of amides is 2. The first kappa shape index (κ1) is 31.5. The van der Waals surface area contributed by atoms with Crippen LogP contribution >= 0.6 is 0 Å². The van der Waals surface area contributed by atoms with Crippen molar-refractivity contribution >= 4 is 27.3 Å². The van der Waals surface area contributed by atoms with Gasteiger partial charge in [0.25, 0.3) is 5.91 Å². The van der Waals surface area contributed by atoms with Gasteiger partial charge in [-0.2, -0.15) is 0 Å². The Morgan fingerprint density at radius 2 is 1.81 bits per heavy atom. The molecular weight excluding hydrogens is 573 g/mol. The van der Waals surface area contributed by atoms with Gasteiger partial charge >= 0.3 is 0 Å². The molecule has 43 heavy (non-hydrogen) atoms. The second-order valence-corrected chi connectivity index (χ2v) is 14.8. The van der Waals surface area contributed by atoms with Crippen LogP contribution in [0.1, 0.15) is 80.7 Å². The first-order valence-corrected chi connectivity index (χ1v) is 17.0. The van der Waals surface area contributed by atoms with Crippen LogP contribution in [0.2, 0.25) is 0 Å². The van der Waals surface area contributed by atoms with Gasteiger partial charge in [-0.1, -0.05) is 27.7 Å². The Bertz CT molecular complexity index is 1510. The van der Waals surface area contributed by atoms with Crippen LogP contribution in [0.15, 0.2) is 17.0 Å². The molecule has 0 spiro atoms. The van der Waals surface area contributed by atoms with Crippen LogP contribution in [0.25, 0.3) is 5.69 Å². The number of carbonyl (C=O) groups excluding carboxylic acids is 2. The first-order valence-electron chi connectivity index (χ1n) is 15.3. The Morgan fingerprint density at radius 1 is 1.12 bits per heavy atom. The smallest absolute Gasteiger partial charge is 0.253 e. The summed E-state index contributed by atoms with van der Waals surface area (Å²) >= 11 is 0. The van der Waals surface area contributed by atoms with Crippen LogP contribution in [-0.2, 0) is 39.0 Å². The largest absolute Gasteiger partial charge is 0.382 e. The number of halogens is 1. The molecule has 0 saturated heterocycles. The molecule has 0 atom stereocenters. The normalized spacial score (nSPS) is 22.2. The number of sulfone groups is 1. The van der Waals surface area contributed by atoms with Crippen LogP contribution in [-0.4, -0.2) is 67.7 Å². The van der Waals surface area contributed by atoms with Gasteiger partial charge in [-0.05, 0) is 62.7 Å². The maximum absolute atomic E-state index is 15.6. The number of fused-ring (bicyclic) bond motifs is 3. The number of hydrogen-bond acceptors (Lipinski definition) is 7. The van der Waals surface area contributed by atoms with Crippen LogP contribution in [0.4, 0.5) is 10.1 Å². The third kappa shape index (κ3) is 6.32. The van der Waals surface area contributed by atoms with Gasteiger partial charge < -0.3 is 30.6 Å². The highest BCUT2D eigenvalue weighted by atomic mass is 32.2. The number of benzene rings is 1. The van der Waals surface area contributed by atoms with Gasteiger partial charge in [-0.15, -0.1) is 0 Å². The molecule has 0 radical (unpaired) electrons. The Kier molecular flexibility index (Phi) is 8.93. The van der Waals surface area contributed by atoms with Crippen molar-refractivity contribution in [1.29, 1.82) is 0 Å². The molecule has 1 saturated carbocycles. The summed E-state index contributed by atoms with van der Waals surface area (Å²) in [5, 5.41) is 6.40. The Labute approximate surface area is 253 Å². The number of carbonyl (C=O) groups is 2. The lowest BCUT2D eigenvalue weighted by atomic mass is 9.85. The molecule has 1 fully saturated rings. The Morgan fingerprint density at radius 3 is 2.47 bits per heavy atom. The maximum atomic E-state index is 15.6. The zero-order chi connectivity index (χ0) is 31.1. The van der Waals surface area contributed by atoms with E-state index in [0.717, 1.165) is 19.6 Å². The Hall–Kier alpha value is -2.96. The van der Waals surface area contributed by atoms with Gasteiger partial charge in [0.05, 0.1) is 46.5 Å². The fourth-order valence-electron chi connectivity index (χ4n) is 7.01. The molecule has 10 nitrogen and oxygen atoms in total. The molecule has 3 aliphatic rings. The third-order valence-corrected chi connectivity index (χ3v) is 11.4. The molecule has 1 aromatic heterocycles. The fraction of sp³-hybridized carbons (Fsp3) is 0.613. The third-order valence-electron chi connectivity index (χ3n) is 9.11. The highest BCUT2D eigenvalue weighted by molar-refractivity contribution is 7.91. The van der Waals surface area contributed by atoms with E-state index in [1.54, 1.807) is 10.6 Å². The van der Waals surface area contributed by atoms with Crippen LogP contribution in [0.3, 0.4) is 0 Å². The van der Waals surface area contributed by atoms with Gasteiger partial charge in [-0.25, -0.2) is 12.8 Å². The topological polar surface area (TPSA) is 136 Å². The minimum Gasteiger partial charge on any atom is -0.382 e. The molecule has 5 rings (SSSR count). The molecule has 1 aliphatic carbocycles. The summed E-state index contributed by atoms with van der Waals surface area (Å²) in [6, 6.07) is 2.85. The van der Waals surface area contributed by atoms with Crippen molar-refractivity contribution in [3.05, 3.63) is 40.5 Å². The lowest BCUT2D eigenvalue weighted by molar-refractivity contribution is -0.126. The van der Waals surface area contributed by atoms with E-state index < -0.39 is 27.0 Å². The van der Waals surface area contributed by atoms with E-state index in [2.05, 4.69) is 29.4 Å². The van der Waals surface area contributed by atoms with E-state index >= 15 is 4.39 Å². The molecule has 4 N–H and O–H groups in total. The molecule has 2 amide bonds. The SMILES string of the molecule is CCN(CC)CCNC(=O)C1CCC(Nc2cc(-n3c4c(c5c3CC(C)(C)CS5(=O)=O)COC4)cc(F)c2C(N)=O)CC1. The highest BCUT2D eigenvalue weighted by Crippen LogP contribution is 2.44. The molecule has 0 unspecified atom stereocenters. The maximum Gasteiger partial charge on any atom is 0.253 e. The zero-order valence-electron chi connectivity index (χ0n) is 25.6. The average Bonchev–Trinajstić information content (AvgIpc) is 3.50. The second kappa shape index (κ2) is 12.2. The monoisotopic (exact) mass is 617 g/mol. The van der Waals surface area contributed by atoms with Gasteiger partial charge in [0.1, 0.15) is 5.82 Å². The predicted molar refractivity (Wildman–Crippen MR) is 162 cm³/mol. The van der Waals surface area contributed by atoms with E-state index in [9.17, 15) is 18.0 Å². The van der Waals surface area contributed by atoms with Crippen molar-refractivity contribution in [3.8, 4) is 5.69 Å². The number of nitrogens with one attached hydrogen (secondary N) is 2. The molecule has 2 aliphatic heterocycles. The van der Waals surface area contributed by atoms with E-state index in [0.29, 0.717) is 66.2 Å². The number of aromatic nitrogens is 1. The molecule has 12 heteroatoms. The lowest BCUT2D eigenvalue weighted by Crippen LogP contribution is -2.40. The molecule has 1 aromatic carbocycles. The first-order chi connectivity index (χ1) is 20.3. The van der Waals surface area contributed by atoms with Gasteiger partial charge in [0.2, 0.25) is 5.91 Å². The summed E-state index contributed by atoms with van der Waals surface area (Å²) in [5.74, 6) is -1.67. The summed E-state index contributed by atoms with van der Waals surface area (Å²) in [4.78, 5) is 27.7. The number of hydrogen-bond donors (Lipinski definition) is 3. The zero-order valence-corrected chi connectivity index (χ0v) is 26.4. The number of likely N-dealkylation sites (N-methyl/N-ethyl adjacent to an activating group) is 1. The second-order valence-electron chi connectivity index (χ2n) is 12.9. The number of nitrogens with two attached hydrogens (primary N) is 1. The van der Waals surface area contributed by atoms with Crippen molar-refractivity contribution in [1.82, 2.24) is 14.8 Å². The van der Waals surface area contributed by atoms with Crippen molar-refractivity contribution in [3.63, 3.8) is 0 Å². The van der Waals surface area contributed by atoms with Crippen LogP contribution in [0.5, 0.6) is 0 Å². The van der Waals surface area contributed by atoms with Crippen molar-refractivity contribution in [2.45, 2.75) is 84.0 Å². The predicted octanol–water partition coefficient (Wildman–Crippen LogP) is 3.53. The van der Waals surface area contributed by atoms with Gasteiger partial charge in [-0.3, -0.25) is 9.59 Å². The summed E-state index contributed by atoms with van der Waals surface area (Å²) in [7, 11) is -3.57. The standard InChI is InChI=1S/C31H44FN5O5S/c1-5-36(6-2)12-11-34-30(39)19-7-9-20(10-8-19)35-24-14-21(13-23(32)27(24)29(33)38)37-25-15-31(3,4)18-43(40,41)28(25)22-16-42-17-26(22)37/h13-14,19-20,35H,5-12,15-18H2,1-4H3,(H2,33,38)(H,34,39). The molecule has 236 valence electrons. The highest BCUT2D eigenvalue weighted by Gasteiger charge is 2.43. The number of nitrogens with zero attached hydrogens (tertiary/aromatic N) is 2. The van der Waals surface area contributed by atoms with E-state index in [4.69, 9.17) is 10.5 Å². The lowest BCUT2D eigenvalue weighted by Gasteiger charge is -2.31. The van der Waals surface area contributed by atoms with E-state index in [-0.39, 0.29) is 48.1 Å². The fourth-order valence-corrected chi connectivity index (χ4v) is 9.36. The summed E-state index contributed by atoms with van der Waals surface area (Å²) in [5.41, 5.74) is 7.52. The average molecular weight is 618 g/mol. The minimum absolute atomic E-state index is 0.0296. The molecular formula is C31H44FN5O5S. The van der Waals surface area contributed by atoms with Crippen molar-refractivity contribution < 1.29 is 27.1 Å². The number of anilines is 1. The van der Waals surface area contributed by atoms with E-state index in [1.165, 1.54) is 6.07 Å². The van der Waals surface area contributed by atoms with Gasteiger partial charge in [0, 0.05) is 36.3 Å². The number of primary amides is 1. The van der Waals surface area contributed by atoms with Crippen molar-refractivity contribution in [2.75, 3.05) is 37.2 Å². The number of ether oxygens (including phenoxy) is 1. The molecule has 3 heterocycles. The van der Waals surface area contributed by atoms with E-state index in [1.807, 2.05) is 13.8 Å². The minimum atomic E-state index is -3.57. The summed E-state index contributed by atoms with van der Waals surface area (Å²) in [6.45, 7) is 11.7. The van der Waals surface area contributed by atoms with Gasteiger partial charge in [0.15, 0.2) is 9.84 Å².